The molecule has 1 aliphatic rings. The zero-order valence-electron chi connectivity index (χ0n) is 9.86. The Balaban J connectivity index is 2.19. The Labute approximate surface area is 101 Å². The second-order valence-electron chi connectivity index (χ2n) is 4.06. The van der Waals surface area contributed by atoms with Gasteiger partial charge in [-0.2, -0.15) is 0 Å². The summed E-state index contributed by atoms with van der Waals surface area (Å²) in [5.41, 5.74) is 2.65. The summed E-state index contributed by atoms with van der Waals surface area (Å²) in [5.74, 6) is 5.04. The van der Waals surface area contributed by atoms with Crippen LogP contribution >= 0.6 is 0 Å². The number of fused-ring (bicyclic) bond motifs is 1. The van der Waals surface area contributed by atoms with Gasteiger partial charge in [-0.3, -0.25) is 0 Å². The summed E-state index contributed by atoms with van der Waals surface area (Å²) in [6.45, 7) is 3.67. The molecule has 0 bridgehead atoms. The van der Waals surface area contributed by atoms with E-state index in [0.717, 1.165) is 31.6 Å². The van der Waals surface area contributed by atoms with Crippen molar-refractivity contribution in [2.45, 2.75) is 19.8 Å². The number of aromatic carboxylic acids is 1. The predicted octanol–water partition coefficient (Wildman–Crippen LogP) is 2.16. The van der Waals surface area contributed by atoms with E-state index in [1.807, 2.05) is 13.0 Å². The van der Waals surface area contributed by atoms with Crippen molar-refractivity contribution in [3.63, 3.8) is 0 Å². The predicted molar refractivity (Wildman–Crippen MR) is 67.4 cm³/mol. The van der Waals surface area contributed by atoms with Crippen LogP contribution in [0.25, 0.3) is 0 Å². The summed E-state index contributed by atoms with van der Waals surface area (Å²) in [6, 6.07) is 5.37. The van der Waals surface area contributed by atoms with Crippen molar-refractivity contribution < 1.29 is 9.90 Å². The molecule has 0 radical (unpaired) electrons. The maximum Gasteiger partial charge on any atom is 0.335 e. The molecule has 1 aromatic rings. The fraction of sp³-hybridized carbons (Fsp3) is 0.357. The molecule has 0 aliphatic carbocycles. The highest BCUT2D eigenvalue weighted by molar-refractivity contribution is 5.89. The smallest absolute Gasteiger partial charge is 0.335 e. The molecular formula is C14H15NO2. The van der Waals surface area contributed by atoms with Crippen LogP contribution in [0.3, 0.4) is 0 Å². The lowest BCUT2D eigenvalue weighted by atomic mass is 10.1. The van der Waals surface area contributed by atoms with Gasteiger partial charge in [-0.05, 0) is 31.0 Å². The number of nitrogens with zero attached hydrogens (tertiary/aromatic N) is 1. The van der Waals surface area contributed by atoms with Crippen LogP contribution in [0.4, 0.5) is 5.69 Å². The molecule has 17 heavy (non-hydrogen) atoms. The number of rotatable bonds is 3. The lowest BCUT2D eigenvalue weighted by Crippen LogP contribution is -2.21. The molecule has 0 atom stereocenters. The van der Waals surface area contributed by atoms with Crippen LogP contribution in [0.2, 0.25) is 0 Å². The van der Waals surface area contributed by atoms with Gasteiger partial charge in [-0.1, -0.05) is 6.07 Å². The fourth-order valence-electron chi connectivity index (χ4n) is 2.13. The molecule has 88 valence electrons. The summed E-state index contributed by atoms with van der Waals surface area (Å²) >= 11 is 0. The number of carbonyl (C=O) groups is 1. The van der Waals surface area contributed by atoms with Crippen LogP contribution in [0, 0.1) is 11.8 Å². The van der Waals surface area contributed by atoms with Crippen molar-refractivity contribution in [3.05, 3.63) is 29.3 Å². The molecule has 0 amide bonds. The minimum Gasteiger partial charge on any atom is -0.478 e. The highest BCUT2D eigenvalue weighted by Gasteiger charge is 2.19. The first-order valence-electron chi connectivity index (χ1n) is 5.73. The van der Waals surface area contributed by atoms with Crippen molar-refractivity contribution in [2.75, 3.05) is 18.0 Å². The van der Waals surface area contributed by atoms with Crippen LogP contribution in [0.15, 0.2) is 18.2 Å². The maximum absolute atomic E-state index is 10.9. The lowest BCUT2D eigenvalue weighted by Gasteiger charge is -2.18. The molecule has 1 heterocycles. The molecule has 2 rings (SSSR count). The summed E-state index contributed by atoms with van der Waals surface area (Å²) < 4.78 is 0. The molecule has 0 spiro atoms. The minimum atomic E-state index is -0.868. The summed E-state index contributed by atoms with van der Waals surface area (Å²) in [6.07, 6.45) is 1.82. The molecule has 0 aromatic heterocycles. The van der Waals surface area contributed by atoms with Crippen LogP contribution in [-0.4, -0.2) is 24.2 Å². The number of hydrogen-bond donors (Lipinski definition) is 1. The Bertz CT molecular complexity index is 497. The summed E-state index contributed by atoms with van der Waals surface area (Å²) in [7, 11) is 0. The maximum atomic E-state index is 10.9. The first-order chi connectivity index (χ1) is 8.22. The van der Waals surface area contributed by atoms with Crippen LogP contribution in [-0.2, 0) is 6.42 Å². The normalized spacial score (nSPS) is 12.9. The van der Waals surface area contributed by atoms with Crippen molar-refractivity contribution in [3.8, 4) is 11.8 Å². The molecule has 0 saturated carbocycles. The molecule has 0 unspecified atom stereocenters. The van der Waals surface area contributed by atoms with Gasteiger partial charge in [0.25, 0.3) is 0 Å². The van der Waals surface area contributed by atoms with Gasteiger partial charge < -0.3 is 10.0 Å². The van der Waals surface area contributed by atoms with Crippen molar-refractivity contribution >= 4 is 11.7 Å². The third-order valence-electron chi connectivity index (χ3n) is 3.01. The first kappa shape index (κ1) is 11.5. The van der Waals surface area contributed by atoms with Gasteiger partial charge in [-0.25, -0.2) is 4.79 Å². The van der Waals surface area contributed by atoms with Gasteiger partial charge in [-0.15, -0.1) is 11.8 Å². The fourth-order valence-corrected chi connectivity index (χ4v) is 2.13. The van der Waals surface area contributed by atoms with Gasteiger partial charge in [0.1, 0.15) is 0 Å². The van der Waals surface area contributed by atoms with Crippen molar-refractivity contribution in [1.29, 1.82) is 0 Å². The van der Waals surface area contributed by atoms with Crippen LogP contribution in [0.5, 0.6) is 0 Å². The molecule has 1 aliphatic heterocycles. The van der Waals surface area contributed by atoms with Crippen LogP contribution in [0.1, 0.15) is 29.3 Å². The Kier molecular flexibility index (Phi) is 3.34. The molecule has 0 fully saturated rings. The average Bonchev–Trinajstić information content (AvgIpc) is 2.72. The zero-order valence-corrected chi connectivity index (χ0v) is 9.86. The van der Waals surface area contributed by atoms with Crippen LogP contribution < -0.4 is 4.90 Å². The Morgan fingerprint density at radius 3 is 3.06 bits per heavy atom. The largest absolute Gasteiger partial charge is 0.478 e. The molecular weight excluding hydrogens is 214 g/mol. The SMILES string of the molecule is CC#CCCN1CCc2ccc(C(=O)O)cc21. The van der Waals surface area contributed by atoms with E-state index in [0.29, 0.717) is 5.56 Å². The second kappa shape index (κ2) is 4.92. The number of carboxylic acid groups (broad SMARTS) is 1. The number of hydrogen-bond acceptors (Lipinski definition) is 2. The molecule has 1 aromatic carbocycles. The van der Waals surface area contributed by atoms with Gasteiger partial charge in [0, 0.05) is 25.2 Å². The topological polar surface area (TPSA) is 40.5 Å². The van der Waals surface area contributed by atoms with Gasteiger partial charge in [0.2, 0.25) is 0 Å². The minimum absolute atomic E-state index is 0.359. The summed E-state index contributed by atoms with van der Waals surface area (Å²) in [5, 5.41) is 8.98. The zero-order chi connectivity index (χ0) is 12.3. The molecule has 3 nitrogen and oxygen atoms in total. The van der Waals surface area contributed by atoms with Crippen molar-refractivity contribution in [2.24, 2.45) is 0 Å². The van der Waals surface area contributed by atoms with E-state index in [9.17, 15) is 4.79 Å². The Hall–Kier alpha value is -1.95. The molecule has 3 heteroatoms. The third-order valence-corrected chi connectivity index (χ3v) is 3.01. The number of benzene rings is 1. The highest BCUT2D eigenvalue weighted by atomic mass is 16.4. The van der Waals surface area contributed by atoms with E-state index in [1.165, 1.54) is 5.56 Å². The van der Waals surface area contributed by atoms with Gasteiger partial charge >= 0.3 is 5.97 Å². The van der Waals surface area contributed by atoms with E-state index in [4.69, 9.17) is 5.11 Å². The second-order valence-corrected chi connectivity index (χ2v) is 4.06. The molecule has 1 N–H and O–H groups in total. The van der Waals surface area contributed by atoms with Crippen molar-refractivity contribution in [1.82, 2.24) is 0 Å². The van der Waals surface area contributed by atoms with E-state index < -0.39 is 5.97 Å². The van der Waals surface area contributed by atoms with Gasteiger partial charge in [0.15, 0.2) is 0 Å². The Morgan fingerprint density at radius 1 is 1.53 bits per heavy atom. The molecule has 0 saturated heterocycles. The van der Waals surface area contributed by atoms with E-state index in [1.54, 1.807) is 12.1 Å². The quantitative estimate of drug-likeness (QED) is 0.807. The van der Waals surface area contributed by atoms with Gasteiger partial charge in [0.05, 0.1) is 5.56 Å². The number of carboxylic acids is 1. The highest BCUT2D eigenvalue weighted by Crippen LogP contribution is 2.29. The monoisotopic (exact) mass is 229 g/mol. The average molecular weight is 229 g/mol. The number of anilines is 1. The first-order valence-corrected chi connectivity index (χ1v) is 5.73. The standard InChI is InChI=1S/C14H15NO2/c1-2-3-4-8-15-9-7-11-5-6-12(14(16)17)10-13(11)15/h5-6,10H,4,7-9H2,1H3,(H,16,17). The van der Waals surface area contributed by atoms with E-state index >= 15 is 0 Å². The lowest BCUT2D eigenvalue weighted by molar-refractivity contribution is 0.0697. The Morgan fingerprint density at radius 2 is 2.35 bits per heavy atom. The van der Waals surface area contributed by atoms with E-state index in [-0.39, 0.29) is 0 Å². The third kappa shape index (κ3) is 2.42. The summed E-state index contributed by atoms with van der Waals surface area (Å²) in [4.78, 5) is 13.1. The van der Waals surface area contributed by atoms with E-state index in [2.05, 4.69) is 16.7 Å².